The van der Waals surface area contributed by atoms with E-state index in [0.29, 0.717) is 31.5 Å². The predicted octanol–water partition coefficient (Wildman–Crippen LogP) is 0.642. The average Bonchev–Trinajstić information content (AvgIpc) is 2.46. The van der Waals surface area contributed by atoms with E-state index >= 15 is 0 Å². The quantitative estimate of drug-likeness (QED) is 0.750. The first-order chi connectivity index (χ1) is 9.60. The normalized spacial score (nSPS) is 19.0. The van der Waals surface area contributed by atoms with E-state index in [2.05, 4.69) is 9.97 Å². The minimum Gasteiger partial charge on any atom is -0.475 e. The van der Waals surface area contributed by atoms with Crippen LogP contribution < -0.4 is 9.64 Å². The molecule has 0 saturated carbocycles. The van der Waals surface area contributed by atoms with Gasteiger partial charge in [-0.2, -0.15) is 4.98 Å². The molecule has 1 fully saturated rings. The first-order valence-electron chi connectivity index (χ1n) is 6.54. The summed E-state index contributed by atoms with van der Waals surface area (Å²) in [5.41, 5.74) is 0. The lowest BCUT2D eigenvalue weighted by molar-refractivity contribution is -0.154. The predicted molar refractivity (Wildman–Crippen MR) is 71.8 cm³/mol. The molecule has 2 heterocycles. The molecule has 1 aromatic rings. The second-order valence-electron chi connectivity index (χ2n) is 4.69. The van der Waals surface area contributed by atoms with E-state index in [4.69, 9.17) is 14.2 Å². The largest absolute Gasteiger partial charge is 0.475 e. The standard InChI is InChI=1S/C13H19N3O4/c1-9(2)20-11-4-5-14-13(15-11)16-6-7-19-10(8-16)12(17)18-3/h4-5,9-10H,6-8H2,1-3H3. The maximum absolute atomic E-state index is 11.5. The van der Waals surface area contributed by atoms with E-state index in [1.807, 2.05) is 18.7 Å². The lowest BCUT2D eigenvalue weighted by atomic mass is 10.3. The summed E-state index contributed by atoms with van der Waals surface area (Å²) in [6, 6.07) is 1.71. The first-order valence-corrected chi connectivity index (χ1v) is 6.54. The lowest BCUT2D eigenvalue weighted by Crippen LogP contribution is -2.47. The molecule has 7 heteroatoms. The van der Waals surface area contributed by atoms with Crippen LogP contribution in [0.15, 0.2) is 12.3 Å². The number of hydrogen-bond acceptors (Lipinski definition) is 7. The molecule has 0 N–H and O–H groups in total. The van der Waals surface area contributed by atoms with Gasteiger partial charge in [0.05, 0.1) is 26.4 Å². The minimum atomic E-state index is -0.605. The van der Waals surface area contributed by atoms with Crippen molar-refractivity contribution in [3.8, 4) is 5.88 Å². The Labute approximate surface area is 117 Å². The van der Waals surface area contributed by atoms with E-state index in [0.717, 1.165) is 0 Å². The number of carbonyl (C=O) groups excluding carboxylic acids is 1. The van der Waals surface area contributed by atoms with Gasteiger partial charge in [0.1, 0.15) is 0 Å². The number of nitrogens with zero attached hydrogens (tertiary/aromatic N) is 3. The molecule has 0 spiro atoms. The Hall–Kier alpha value is -1.89. The third-order valence-corrected chi connectivity index (χ3v) is 2.79. The van der Waals surface area contributed by atoms with Gasteiger partial charge in [-0.15, -0.1) is 0 Å². The van der Waals surface area contributed by atoms with Crippen LogP contribution in [-0.4, -0.2) is 55.0 Å². The van der Waals surface area contributed by atoms with Crippen LogP contribution in [-0.2, 0) is 14.3 Å². The SMILES string of the molecule is COC(=O)C1CN(c2nccc(OC(C)C)n2)CCO1. The van der Waals surface area contributed by atoms with Crippen molar-refractivity contribution in [2.24, 2.45) is 0 Å². The monoisotopic (exact) mass is 281 g/mol. The summed E-state index contributed by atoms with van der Waals surface area (Å²) >= 11 is 0. The van der Waals surface area contributed by atoms with Crippen molar-refractivity contribution in [1.29, 1.82) is 0 Å². The second kappa shape index (κ2) is 6.51. The van der Waals surface area contributed by atoms with E-state index in [-0.39, 0.29) is 12.1 Å². The van der Waals surface area contributed by atoms with Crippen LogP contribution in [0.5, 0.6) is 5.88 Å². The number of morpholine rings is 1. The minimum absolute atomic E-state index is 0.0465. The highest BCUT2D eigenvalue weighted by atomic mass is 16.6. The van der Waals surface area contributed by atoms with Gasteiger partial charge >= 0.3 is 5.97 Å². The zero-order valence-corrected chi connectivity index (χ0v) is 11.9. The molecule has 0 radical (unpaired) electrons. The van der Waals surface area contributed by atoms with Crippen molar-refractivity contribution in [2.45, 2.75) is 26.1 Å². The molecule has 0 amide bonds. The molecule has 20 heavy (non-hydrogen) atoms. The number of anilines is 1. The summed E-state index contributed by atoms with van der Waals surface area (Å²) in [5.74, 6) is 0.663. The van der Waals surface area contributed by atoms with Crippen molar-refractivity contribution < 1.29 is 19.0 Å². The van der Waals surface area contributed by atoms with Crippen molar-refractivity contribution in [2.75, 3.05) is 31.7 Å². The Balaban J connectivity index is 2.08. The Kier molecular flexibility index (Phi) is 4.73. The van der Waals surface area contributed by atoms with Gasteiger partial charge in [0.25, 0.3) is 0 Å². The third kappa shape index (κ3) is 3.57. The highest BCUT2D eigenvalue weighted by molar-refractivity contribution is 5.75. The van der Waals surface area contributed by atoms with Crippen LogP contribution in [0, 0.1) is 0 Å². The first kappa shape index (κ1) is 14.5. The van der Waals surface area contributed by atoms with Crippen LogP contribution >= 0.6 is 0 Å². The number of hydrogen-bond donors (Lipinski definition) is 0. The fourth-order valence-electron chi connectivity index (χ4n) is 1.90. The molecule has 0 bridgehead atoms. The Morgan fingerprint density at radius 3 is 3.05 bits per heavy atom. The molecule has 1 aliphatic heterocycles. The summed E-state index contributed by atoms with van der Waals surface area (Å²) in [7, 11) is 1.35. The van der Waals surface area contributed by atoms with Crippen LogP contribution in [0.25, 0.3) is 0 Å². The molecule has 1 saturated heterocycles. The van der Waals surface area contributed by atoms with Gasteiger partial charge in [-0.05, 0) is 13.8 Å². The van der Waals surface area contributed by atoms with E-state index < -0.39 is 6.10 Å². The van der Waals surface area contributed by atoms with E-state index in [9.17, 15) is 4.79 Å². The zero-order valence-electron chi connectivity index (χ0n) is 11.9. The maximum Gasteiger partial charge on any atom is 0.336 e. The molecule has 1 aromatic heterocycles. The molecule has 1 unspecified atom stereocenters. The molecule has 110 valence electrons. The molecular formula is C13H19N3O4. The van der Waals surface area contributed by atoms with Gasteiger partial charge in [-0.3, -0.25) is 0 Å². The summed E-state index contributed by atoms with van der Waals surface area (Å²) in [5, 5.41) is 0. The number of ether oxygens (including phenoxy) is 3. The van der Waals surface area contributed by atoms with Crippen LogP contribution in [0.2, 0.25) is 0 Å². The molecule has 1 aliphatic rings. The number of carbonyl (C=O) groups is 1. The van der Waals surface area contributed by atoms with E-state index in [1.165, 1.54) is 7.11 Å². The number of methoxy groups -OCH3 is 1. The van der Waals surface area contributed by atoms with Gasteiger partial charge < -0.3 is 19.1 Å². The fraction of sp³-hybridized carbons (Fsp3) is 0.615. The van der Waals surface area contributed by atoms with Crippen LogP contribution in [0.1, 0.15) is 13.8 Å². The molecule has 7 nitrogen and oxygen atoms in total. The van der Waals surface area contributed by atoms with Crippen molar-refractivity contribution >= 4 is 11.9 Å². The summed E-state index contributed by atoms with van der Waals surface area (Å²) in [4.78, 5) is 22.0. The van der Waals surface area contributed by atoms with E-state index in [1.54, 1.807) is 12.3 Å². The number of esters is 1. The number of aromatic nitrogens is 2. The fourth-order valence-corrected chi connectivity index (χ4v) is 1.90. The van der Waals surface area contributed by atoms with Gasteiger partial charge in [-0.25, -0.2) is 9.78 Å². The zero-order chi connectivity index (χ0) is 14.5. The molecule has 0 aliphatic carbocycles. The maximum atomic E-state index is 11.5. The molecule has 0 aromatic carbocycles. The van der Waals surface area contributed by atoms with Gasteiger partial charge in [0.15, 0.2) is 6.10 Å². The molecule has 1 atom stereocenters. The topological polar surface area (TPSA) is 73.8 Å². The Morgan fingerprint density at radius 2 is 2.35 bits per heavy atom. The third-order valence-electron chi connectivity index (χ3n) is 2.79. The van der Waals surface area contributed by atoms with Crippen molar-refractivity contribution in [1.82, 2.24) is 9.97 Å². The summed E-state index contributed by atoms with van der Waals surface area (Å²) in [6.07, 6.45) is 1.08. The Morgan fingerprint density at radius 1 is 1.55 bits per heavy atom. The Bertz CT molecular complexity index is 467. The van der Waals surface area contributed by atoms with Crippen LogP contribution in [0.3, 0.4) is 0 Å². The average molecular weight is 281 g/mol. The summed E-state index contributed by atoms with van der Waals surface area (Å²) < 4.78 is 15.6. The van der Waals surface area contributed by atoms with Gasteiger partial charge in [-0.1, -0.05) is 0 Å². The highest BCUT2D eigenvalue weighted by Gasteiger charge is 2.28. The second-order valence-corrected chi connectivity index (χ2v) is 4.69. The van der Waals surface area contributed by atoms with Crippen molar-refractivity contribution in [3.05, 3.63) is 12.3 Å². The molecular weight excluding hydrogens is 262 g/mol. The van der Waals surface area contributed by atoms with Crippen LogP contribution in [0.4, 0.5) is 5.95 Å². The highest BCUT2D eigenvalue weighted by Crippen LogP contribution is 2.17. The smallest absolute Gasteiger partial charge is 0.336 e. The number of rotatable bonds is 4. The summed E-state index contributed by atoms with van der Waals surface area (Å²) in [6.45, 7) is 5.29. The van der Waals surface area contributed by atoms with Crippen molar-refractivity contribution in [3.63, 3.8) is 0 Å². The van der Waals surface area contributed by atoms with Gasteiger partial charge in [0.2, 0.25) is 11.8 Å². The van der Waals surface area contributed by atoms with Gasteiger partial charge in [0, 0.05) is 18.8 Å². The lowest BCUT2D eigenvalue weighted by Gasteiger charge is -2.31. The molecule has 2 rings (SSSR count).